The van der Waals surface area contributed by atoms with Crippen LogP contribution in [0.3, 0.4) is 0 Å². The van der Waals surface area contributed by atoms with E-state index < -0.39 is 52.0 Å². The second-order valence-electron chi connectivity index (χ2n) is 7.33. The average Bonchev–Trinajstić information content (AvgIpc) is 2.50. The number of alkyl halides is 6. The number of rotatable bonds is 4. The van der Waals surface area contributed by atoms with Crippen molar-refractivity contribution < 1.29 is 46.1 Å². The molecule has 0 aliphatic heterocycles. The van der Waals surface area contributed by atoms with E-state index in [4.69, 9.17) is 0 Å². The van der Waals surface area contributed by atoms with Crippen LogP contribution >= 0.6 is 0 Å². The lowest BCUT2D eigenvalue weighted by Gasteiger charge is -2.39. The summed E-state index contributed by atoms with van der Waals surface area (Å²) in [5.74, 6) is -2.97. The SMILES string of the molecule is Cc1cc(C(c2cc(C)c(C(=O)O)c(C)c2)(C(F)(F)F)C(F)(F)F)cc(C)c1C(=O)O. The zero-order valence-corrected chi connectivity index (χ0v) is 16.8. The van der Waals surface area contributed by atoms with Crippen LogP contribution in [0.25, 0.3) is 0 Å². The van der Waals surface area contributed by atoms with Gasteiger partial charge in [0.05, 0.1) is 11.1 Å². The van der Waals surface area contributed by atoms with Gasteiger partial charge in [-0.25, -0.2) is 9.59 Å². The molecule has 0 bridgehead atoms. The van der Waals surface area contributed by atoms with Gasteiger partial charge in [0, 0.05) is 0 Å². The fraction of sp³-hybridized carbons (Fsp3) is 0.333. The molecular weight excluding hydrogens is 430 g/mol. The largest absolute Gasteiger partial charge is 0.478 e. The maximum atomic E-state index is 14.3. The molecule has 0 aromatic heterocycles. The van der Waals surface area contributed by atoms with Crippen molar-refractivity contribution in [3.05, 3.63) is 68.8 Å². The molecule has 168 valence electrons. The maximum Gasteiger partial charge on any atom is 0.411 e. The smallest absolute Gasteiger partial charge is 0.411 e. The van der Waals surface area contributed by atoms with Crippen LogP contribution in [0, 0.1) is 27.7 Å². The van der Waals surface area contributed by atoms with Gasteiger partial charge in [0.15, 0.2) is 0 Å². The first-order valence-electron chi connectivity index (χ1n) is 8.80. The minimum absolute atomic E-state index is 0.268. The summed E-state index contributed by atoms with van der Waals surface area (Å²) in [5, 5.41) is 18.5. The highest BCUT2D eigenvalue weighted by atomic mass is 19.4. The number of carbonyl (C=O) groups is 2. The molecule has 2 rings (SSSR count). The van der Waals surface area contributed by atoms with Gasteiger partial charge in [-0.15, -0.1) is 0 Å². The molecule has 0 atom stereocenters. The molecule has 10 heteroatoms. The molecule has 0 unspecified atom stereocenters. The van der Waals surface area contributed by atoms with Crippen LogP contribution < -0.4 is 0 Å². The van der Waals surface area contributed by atoms with Crippen molar-refractivity contribution >= 4 is 11.9 Å². The van der Waals surface area contributed by atoms with Gasteiger partial charge in [0.1, 0.15) is 0 Å². The summed E-state index contributed by atoms with van der Waals surface area (Å²) in [6.45, 7) is 4.45. The van der Waals surface area contributed by atoms with Crippen molar-refractivity contribution in [2.45, 2.75) is 45.5 Å². The highest BCUT2D eigenvalue weighted by Gasteiger charge is 2.72. The molecule has 31 heavy (non-hydrogen) atoms. The molecule has 0 aliphatic rings. The number of halogens is 6. The monoisotopic (exact) mass is 448 g/mol. The topological polar surface area (TPSA) is 74.6 Å². The van der Waals surface area contributed by atoms with E-state index in [2.05, 4.69) is 0 Å². The Balaban J connectivity index is 3.08. The zero-order valence-electron chi connectivity index (χ0n) is 16.8. The molecule has 2 N–H and O–H groups in total. The maximum absolute atomic E-state index is 14.3. The van der Waals surface area contributed by atoms with Gasteiger partial charge in [-0.2, -0.15) is 26.3 Å². The Labute approximate surface area is 173 Å². The van der Waals surface area contributed by atoms with E-state index in [1.54, 1.807) is 0 Å². The molecule has 0 fully saturated rings. The lowest BCUT2D eigenvalue weighted by molar-refractivity contribution is -0.288. The quantitative estimate of drug-likeness (QED) is 0.586. The summed E-state index contributed by atoms with van der Waals surface area (Å²) < 4.78 is 86.0. The van der Waals surface area contributed by atoms with Gasteiger partial charge in [-0.3, -0.25) is 0 Å². The number of hydrogen-bond donors (Lipinski definition) is 2. The van der Waals surface area contributed by atoms with Crippen molar-refractivity contribution in [3.63, 3.8) is 0 Å². The van der Waals surface area contributed by atoms with Gasteiger partial charge in [-0.05, 0) is 61.1 Å². The fourth-order valence-electron chi connectivity index (χ4n) is 4.02. The molecule has 0 aliphatic carbocycles. The lowest BCUT2D eigenvalue weighted by atomic mass is 9.70. The van der Waals surface area contributed by atoms with Crippen LogP contribution in [0.4, 0.5) is 26.3 Å². The molecule has 0 radical (unpaired) electrons. The zero-order chi connectivity index (χ0) is 24.1. The third kappa shape index (κ3) is 3.75. The number of carboxylic acid groups (broad SMARTS) is 2. The lowest BCUT2D eigenvalue weighted by Crippen LogP contribution is -2.55. The predicted octanol–water partition coefficient (Wildman–Crippen LogP) is 5.73. The Morgan fingerprint density at radius 3 is 1.00 bits per heavy atom. The number of hydrogen-bond acceptors (Lipinski definition) is 2. The third-order valence-corrected chi connectivity index (χ3v) is 5.21. The molecule has 0 heterocycles. The molecule has 0 amide bonds. The number of benzene rings is 2. The Hall–Kier alpha value is -3.04. The summed E-state index contributed by atoms with van der Waals surface area (Å²) >= 11 is 0. The Morgan fingerprint density at radius 1 is 0.613 bits per heavy atom. The van der Waals surface area contributed by atoms with E-state index in [0.29, 0.717) is 24.3 Å². The first kappa shape index (κ1) is 24.2. The minimum Gasteiger partial charge on any atom is -0.478 e. The summed E-state index contributed by atoms with van der Waals surface area (Å²) in [6.07, 6.45) is -11.8. The van der Waals surface area contributed by atoms with Gasteiger partial charge < -0.3 is 10.2 Å². The normalized spacial score (nSPS) is 12.7. The number of aryl methyl sites for hydroxylation is 4. The predicted molar refractivity (Wildman–Crippen MR) is 98.6 cm³/mol. The number of carboxylic acids is 2. The van der Waals surface area contributed by atoms with Crippen molar-refractivity contribution in [1.82, 2.24) is 0 Å². The van der Waals surface area contributed by atoms with E-state index in [1.807, 2.05) is 0 Å². The Bertz CT molecular complexity index is 935. The fourth-order valence-corrected chi connectivity index (χ4v) is 4.02. The second-order valence-corrected chi connectivity index (χ2v) is 7.33. The van der Waals surface area contributed by atoms with Crippen LogP contribution in [-0.4, -0.2) is 34.5 Å². The van der Waals surface area contributed by atoms with Gasteiger partial charge in [0.25, 0.3) is 0 Å². The van der Waals surface area contributed by atoms with Crippen molar-refractivity contribution in [2.24, 2.45) is 0 Å². The highest BCUT2D eigenvalue weighted by molar-refractivity contribution is 5.92. The number of aromatic carboxylic acids is 2. The molecular formula is C21H18F6O4. The van der Waals surface area contributed by atoms with Gasteiger partial charge >= 0.3 is 24.3 Å². The first-order chi connectivity index (χ1) is 14.0. The molecule has 0 saturated carbocycles. The minimum atomic E-state index is -5.88. The van der Waals surface area contributed by atoms with E-state index in [1.165, 1.54) is 0 Å². The van der Waals surface area contributed by atoms with Crippen LogP contribution in [-0.2, 0) is 5.41 Å². The van der Waals surface area contributed by atoms with E-state index in [0.717, 1.165) is 27.7 Å². The van der Waals surface area contributed by atoms with Crippen molar-refractivity contribution in [2.75, 3.05) is 0 Å². The molecule has 0 saturated heterocycles. The standard InChI is InChI=1S/C21H18F6O4/c1-9-5-13(6-10(2)15(9)17(28)29)19(20(22,23)24,21(25,26)27)14-7-11(3)16(18(30)31)12(4)8-14/h5-8H,1-4H3,(H,28,29)(H,30,31). The summed E-state index contributed by atoms with van der Waals surface area (Å²) in [4.78, 5) is 22.7. The van der Waals surface area contributed by atoms with Gasteiger partial charge in [0.2, 0.25) is 5.41 Å². The average molecular weight is 448 g/mol. The third-order valence-electron chi connectivity index (χ3n) is 5.21. The summed E-state index contributed by atoms with van der Waals surface area (Å²) in [6, 6.07) is 2.25. The van der Waals surface area contributed by atoms with Crippen LogP contribution in [0.15, 0.2) is 24.3 Å². The Morgan fingerprint density at radius 2 is 0.839 bits per heavy atom. The summed E-state index contributed by atoms with van der Waals surface area (Å²) in [5.41, 5.74) is -8.76. The molecule has 4 nitrogen and oxygen atoms in total. The molecule has 0 spiro atoms. The van der Waals surface area contributed by atoms with E-state index in [9.17, 15) is 46.1 Å². The van der Waals surface area contributed by atoms with Crippen LogP contribution in [0.2, 0.25) is 0 Å². The van der Waals surface area contributed by atoms with Crippen LogP contribution in [0.1, 0.15) is 54.1 Å². The Kier molecular flexibility index (Phi) is 5.92. The summed E-state index contributed by atoms with van der Waals surface area (Å²) in [7, 11) is 0. The molecule has 2 aromatic rings. The van der Waals surface area contributed by atoms with E-state index in [-0.39, 0.29) is 22.3 Å². The van der Waals surface area contributed by atoms with Gasteiger partial charge in [-0.1, -0.05) is 24.3 Å². The van der Waals surface area contributed by atoms with E-state index >= 15 is 0 Å². The van der Waals surface area contributed by atoms with Crippen molar-refractivity contribution in [1.29, 1.82) is 0 Å². The highest BCUT2D eigenvalue weighted by Crippen LogP contribution is 2.57. The van der Waals surface area contributed by atoms with Crippen molar-refractivity contribution in [3.8, 4) is 0 Å². The second kappa shape index (κ2) is 7.58. The molecule has 2 aromatic carbocycles. The van der Waals surface area contributed by atoms with Crippen LogP contribution in [0.5, 0.6) is 0 Å². The first-order valence-corrected chi connectivity index (χ1v) is 8.80.